The Hall–Kier alpha value is -2.80. The Labute approximate surface area is 172 Å². The van der Waals surface area contributed by atoms with E-state index in [0.29, 0.717) is 18.2 Å². The van der Waals surface area contributed by atoms with E-state index in [-0.39, 0.29) is 30.2 Å². The molecule has 2 rings (SSSR count). The molecule has 1 N–H and O–H groups in total. The predicted molar refractivity (Wildman–Crippen MR) is 114 cm³/mol. The molecule has 0 aliphatic carbocycles. The zero-order chi connectivity index (χ0) is 21.6. The van der Waals surface area contributed by atoms with Gasteiger partial charge < -0.3 is 24.3 Å². The lowest BCUT2D eigenvalue weighted by Crippen LogP contribution is -2.43. The number of methoxy groups -OCH3 is 1. The second kappa shape index (κ2) is 10.1. The second-order valence-electron chi connectivity index (χ2n) is 7.61. The number of amides is 2. The van der Waals surface area contributed by atoms with Gasteiger partial charge in [0.2, 0.25) is 5.91 Å². The molecular formula is C22H31N3O4. The van der Waals surface area contributed by atoms with Gasteiger partial charge >= 0.3 is 0 Å². The molecular weight excluding hydrogens is 370 g/mol. The second-order valence-corrected chi connectivity index (χ2v) is 7.61. The summed E-state index contributed by atoms with van der Waals surface area (Å²) in [5.41, 5.74) is 2.56. The number of rotatable bonds is 9. The fourth-order valence-electron chi connectivity index (χ4n) is 3.04. The summed E-state index contributed by atoms with van der Waals surface area (Å²) in [5, 5.41) is 2.85. The maximum absolute atomic E-state index is 12.7. The highest BCUT2D eigenvalue weighted by Gasteiger charge is 2.24. The first kappa shape index (κ1) is 22.5. The van der Waals surface area contributed by atoms with E-state index < -0.39 is 0 Å². The lowest BCUT2D eigenvalue weighted by molar-refractivity contribution is -0.138. The van der Waals surface area contributed by atoms with Crippen LogP contribution in [0.15, 0.2) is 41.0 Å². The number of ether oxygens (including phenoxy) is 1. The van der Waals surface area contributed by atoms with Gasteiger partial charge in [-0.1, -0.05) is 13.8 Å². The average molecular weight is 402 g/mol. The van der Waals surface area contributed by atoms with Crippen molar-refractivity contribution >= 4 is 23.2 Å². The minimum Gasteiger partial charge on any atom is -0.459 e. The molecule has 1 heterocycles. The molecule has 7 heteroatoms. The van der Waals surface area contributed by atoms with Crippen molar-refractivity contribution in [3.8, 4) is 0 Å². The van der Waals surface area contributed by atoms with Gasteiger partial charge in [0.25, 0.3) is 5.91 Å². The molecule has 0 bridgehead atoms. The first-order valence-corrected chi connectivity index (χ1v) is 9.68. The molecule has 0 saturated carbocycles. The first-order valence-electron chi connectivity index (χ1n) is 9.68. The smallest absolute Gasteiger partial charge is 0.291 e. The number of hydrogen-bond acceptors (Lipinski definition) is 5. The van der Waals surface area contributed by atoms with Gasteiger partial charge in [0.15, 0.2) is 5.76 Å². The van der Waals surface area contributed by atoms with Crippen LogP contribution in [0.25, 0.3) is 0 Å². The zero-order valence-electron chi connectivity index (χ0n) is 18.1. The van der Waals surface area contributed by atoms with Crippen molar-refractivity contribution in [2.45, 2.75) is 33.4 Å². The summed E-state index contributed by atoms with van der Waals surface area (Å²) in [4.78, 5) is 28.8. The Morgan fingerprint density at radius 1 is 1.17 bits per heavy atom. The maximum Gasteiger partial charge on any atom is 0.291 e. The third-order valence-corrected chi connectivity index (χ3v) is 4.95. The Balaban J connectivity index is 2.33. The number of anilines is 2. The van der Waals surface area contributed by atoms with E-state index in [2.05, 4.69) is 19.2 Å². The fraction of sp³-hybridized carbons (Fsp3) is 0.455. The summed E-state index contributed by atoms with van der Waals surface area (Å²) in [6.07, 6.45) is 1.46. The molecule has 0 radical (unpaired) electrons. The van der Waals surface area contributed by atoms with Gasteiger partial charge in [-0.25, -0.2) is 0 Å². The average Bonchev–Trinajstić information content (AvgIpc) is 3.20. The van der Waals surface area contributed by atoms with Crippen LogP contribution < -0.4 is 10.2 Å². The van der Waals surface area contributed by atoms with Crippen LogP contribution in [0.3, 0.4) is 0 Å². The summed E-state index contributed by atoms with van der Waals surface area (Å²) < 4.78 is 10.2. The third kappa shape index (κ3) is 5.84. The zero-order valence-corrected chi connectivity index (χ0v) is 18.1. The van der Waals surface area contributed by atoms with Crippen molar-refractivity contribution in [3.05, 3.63) is 47.9 Å². The molecule has 1 aromatic carbocycles. The first-order chi connectivity index (χ1) is 13.7. The van der Waals surface area contributed by atoms with Crippen LogP contribution in [0.2, 0.25) is 0 Å². The predicted octanol–water partition coefficient (Wildman–Crippen LogP) is 3.62. The minimum atomic E-state index is -0.318. The van der Waals surface area contributed by atoms with Crippen LogP contribution in [0.5, 0.6) is 0 Å². The molecule has 0 aliphatic heterocycles. The summed E-state index contributed by atoms with van der Waals surface area (Å²) in [7, 11) is 5.42. The number of furan rings is 1. The maximum atomic E-state index is 12.7. The van der Waals surface area contributed by atoms with Gasteiger partial charge in [0.05, 0.1) is 6.26 Å². The van der Waals surface area contributed by atoms with Crippen LogP contribution in [-0.2, 0) is 16.1 Å². The summed E-state index contributed by atoms with van der Waals surface area (Å²) in [6.45, 7) is 6.66. The van der Waals surface area contributed by atoms with E-state index in [1.165, 1.54) is 13.4 Å². The van der Waals surface area contributed by atoms with E-state index in [0.717, 1.165) is 11.3 Å². The SMILES string of the molecule is COCC(=O)N(Cc1cc(NC(=O)c2ccco2)ccc1N(C)C)[C@@H](C)C(C)C. The van der Waals surface area contributed by atoms with Crippen molar-refractivity contribution in [1.29, 1.82) is 0 Å². The molecule has 0 aliphatic rings. The number of nitrogens with zero attached hydrogens (tertiary/aromatic N) is 2. The van der Waals surface area contributed by atoms with E-state index >= 15 is 0 Å². The van der Waals surface area contributed by atoms with Gasteiger partial charge in [0.1, 0.15) is 6.61 Å². The molecule has 0 unspecified atom stereocenters. The van der Waals surface area contributed by atoms with Crippen molar-refractivity contribution in [1.82, 2.24) is 4.90 Å². The van der Waals surface area contributed by atoms with Crippen LogP contribution in [0.1, 0.15) is 36.9 Å². The summed E-state index contributed by atoms with van der Waals surface area (Å²) in [6, 6.07) is 8.99. The van der Waals surface area contributed by atoms with E-state index in [1.807, 2.05) is 49.0 Å². The molecule has 2 aromatic rings. The highest BCUT2D eigenvalue weighted by molar-refractivity contribution is 6.02. The third-order valence-electron chi connectivity index (χ3n) is 4.95. The van der Waals surface area contributed by atoms with E-state index in [9.17, 15) is 9.59 Å². The lowest BCUT2D eigenvalue weighted by atomic mass is 10.0. The summed E-state index contributed by atoms with van der Waals surface area (Å²) in [5.74, 6) is 0.152. The molecule has 158 valence electrons. The molecule has 0 spiro atoms. The fourth-order valence-corrected chi connectivity index (χ4v) is 3.04. The number of benzene rings is 1. The normalized spacial score (nSPS) is 12.0. The number of nitrogens with one attached hydrogen (secondary N) is 1. The lowest BCUT2D eigenvalue weighted by Gasteiger charge is -2.33. The highest BCUT2D eigenvalue weighted by atomic mass is 16.5. The Bertz CT molecular complexity index is 815. The Morgan fingerprint density at radius 2 is 1.90 bits per heavy atom. The van der Waals surface area contributed by atoms with E-state index in [1.54, 1.807) is 12.1 Å². The monoisotopic (exact) mass is 401 g/mol. The van der Waals surface area contributed by atoms with Gasteiger partial charge in [-0.05, 0) is 48.7 Å². The van der Waals surface area contributed by atoms with Crippen molar-refractivity contribution in [2.24, 2.45) is 5.92 Å². The quantitative estimate of drug-likeness (QED) is 0.695. The molecule has 7 nitrogen and oxygen atoms in total. The van der Waals surface area contributed by atoms with Gasteiger partial charge in [-0.15, -0.1) is 0 Å². The molecule has 1 aromatic heterocycles. The minimum absolute atomic E-state index is 0.0310. The molecule has 2 amide bonds. The van der Waals surface area contributed by atoms with Crippen molar-refractivity contribution < 1.29 is 18.7 Å². The molecule has 1 atom stereocenters. The van der Waals surface area contributed by atoms with Crippen molar-refractivity contribution in [3.63, 3.8) is 0 Å². The summed E-state index contributed by atoms with van der Waals surface area (Å²) >= 11 is 0. The van der Waals surface area contributed by atoms with E-state index in [4.69, 9.17) is 9.15 Å². The largest absolute Gasteiger partial charge is 0.459 e. The molecule has 0 saturated heterocycles. The van der Waals surface area contributed by atoms with Gasteiger partial charge in [-0.2, -0.15) is 0 Å². The van der Waals surface area contributed by atoms with Crippen LogP contribution in [0.4, 0.5) is 11.4 Å². The van der Waals surface area contributed by atoms with Crippen LogP contribution in [0, 0.1) is 5.92 Å². The molecule has 0 fully saturated rings. The topological polar surface area (TPSA) is 75.0 Å². The van der Waals surface area contributed by atoms with Gasteiger partial charge in [-0.3, -0.25) is 9.59 Å². The van der Waals surface area contributed by atoms with Crippen LogP contribution >= 0.6 is 0 Å². The number of carbonyl (C=O) groups excluding carboxylic acids is 2. The Kier molecular flexibility index (Phi) is 7.84. The standard InChI is InChI=1S/C22H31N3O4/c1-15(2)16(3)25(21(26)14-28-6)13-17-12-18(9-10-19(17)24(4)5)23-22(27)20-8-7-11-29-20/h7-12,15-16H,13-14H2,1-6H3,(H,23,27)/t16-/m0/s1. The Morgan fingerprint density at radius 3 is 2.45 bits per heavy atom. The number of hydrogen-bond donors (Lipinski definition) is 1. The molecule has 29 heavy (non-hydrogen) atoms. The number of carbonyl (C=O) groups is 2. The van der Waals surface area contributed by atoms with Crippen molar-refractivity contribution in [2.75, 3.05) is 38.0 Å². The van der Waals surface area contributed by atoms with Gasteiger partial charge in [0, 0.05) is 45.2 Å². The van der Waals surface area contributed by atoms with Crippen LogP contribution in [-0.4, -0.2) is 50.6 Å². The highest BCUT2D eigenvalue weighted by Crippen LogP contribution is 2.26.